The summed E-state index contributed by atoms with van der Waals surface area (Å²) in [5.74, 6) is -1.16. The predicted octanol–water partition coefficient (Wildman–Crippen LogP) is 5.31. The molecule has 2 aromatic carbocycles. The summed E-state index contributed by atoms with van der Waals surface area (Å²) >= 11 is 1.51. The molecule has 0 unspecified atom stereocenters. The van der Waals surface area contributed by atoms with Crippen molar-refractivity contribution < 1.29 is 22.7 Å². The number of imide groups is 1. The van der Waals surface area contributed by atoms with Crippen molar-refractivity contribution in [3.63, 3.8) is 0 Å². The van der Waals surface area contributed by atoms with Gasteiger partial charge in [0.15, 0.2) is 0 Å². The van der Waals surface area contributed by atoms with Crippen molar-refractivity contribution in [2.45, 2.75) is 37.6 Å². The van der Waals surface area contributed by atoms with Gasteiger partial charge in [-0.25, -0.2) is 8.42 Å². The quantitative estimate of drug-likeness (QED) is 0.381. The third-order valence-corrected chi connectivity index (χ3v) is 10.9. The van der Waals surface area contributed by atoms with Crippen LogP contribution in [0.1, 0.15) is 36.2 Å². The van der Waals surface area contributed by atoms with Crippen molar-refractivity contribution in [3.8, 4) is 0 Å². The Balaban J connectivity index is 1.45. The van der Waals surface area contributed by atoms with Crippen LogP contribution >= 0.6 is 11.3 Å². The van der Waals surface area contributed by atoms with Crippen molar-refractivity contribution in [3.05, 3.63) is 93.9 Å². The maximum absolute atomic E-state index is 14.1. The fraction of sp³-hybridized carbons (Fsp3) is 0.333. The number of fused-ring (bicyclic) bond motifs is 3. The third kappa shape index (κ3) is 4.33. The number of hydrogen-bond donors (Lipinski definition) is 0. The normalized spacial score (nSPS) is 25.5. The van der Waals surface area contributed by atoms with E-state index in [0.29, 0.717) is 30.9 Å². The van der Waals surface area contributed by atoms with Crippen LogP contribution in [0.25, 0.3) is 0 Å². The van der Waals surface area contributed by atoms with Gasteiger partial charge in [0, 0.05) is 17.8 Å². The number of carbonyl (C=O) groups excluding carboxylic acids is 2. The Hall–Kier alpha value is -3.27. The Labute approximate surface area is 232 Å². The highest BCUT2D eigenvalue weighted by Crippen LogP contribution is 2.53. The van der Waals surface area contributed by atoms with Gasteiger partial charge in [0.2, 0.25) is 21.8 Å². The number of aryl methyl sites for hydroxylation is 1. The van der Waals surface area contributed by atoms with Gasteiger partial charge in [-0.15, -0.1) is 11.3 Å². The number of allylic oxidation sites excluding steroid dienone is 1. The number of ether oxygens (including phenoxy) is 1. The molecule has 0 bridgehead atoms. The minimum atomic E-state index is -3.86. The van der Waals surface area contributed by atoms with Crippen LogP contribution in [0.3, 0.4) is 0 Å². The number of sulfonamides is 1. The Morgan fingerprint density at radius 3 is 2.36 bits per heavy atom. The van der Waals surface area contributed by atoms with Crippen LogP contribution in [0.2, 0.25) is 0 Å². The maximum atomic E-state index is 14.1. The highest BCUT2D eigenvalue weighted by atomic mass is 32.2. The van der Waals surface area contributed by atoms with Crippen LogP contribution in [0.4, 0.5) is 5.69 Å². The lowest BCUT2D eigenvalue weighted by Gasteiger charge is -2.45. The van der Waals surface area contributed by atoms with E-state index in [1.165, 1.54) is 16.2 Å². The topological polar surface area (TPSA) is 84.0 Å². The lowest BCUT2D eigenvalue weighted by molar-refractivity contribution is -0.123. The molecule has 0 saturated carbocycles. The van der Waals surface area contributed by atoms with Gasteiger partial charge in [-0.2, -0.15) is 4.31 Å². The maximum Gasteiger partial charge on any atom is 0.243 e. The second-order valence-electron chi connectivity index (χ2n) is 10.3. The van der Waals surface area contributed by atoms with Crippen LogP contribution < -0.4 is 4.90 Å². The summed E-state index contributed by atoms with van der Waals surface area (Å²) in [5.41, 5.74) is 2.36. The molecule has 0 N–H and O–H groups in total. The van der Waals surface area contributed by atoms with Crippen LogP contribution in [0.5, 0.6) is 0 Å². The molecule has 7 nitrogen and oxygen atoms in total. The van der Waals surface area contributed by atoms with E-state index in [4.69, 9.17) is 4.74 Å². The first-order valence-corrected chi connectivity index (χ1v) is 15.5. The molecule has 6 rings (SSSR count). The molecular weight excluding hydrogens is 532 g/mol. The fourth-order valence-corrected chi connectivity index (χ4v) is 8.81. The standard InChI is InChI=1S/C30H30N2O5S2/c1-3-37-26-17-23-28(30(34)32(29(23)33)20-8-5-4-6-9-20)22-16-25(27-10-7-15-38-27)31(18-24(22)26)39(35,36)21-13-11-19(2)12-14-21/h4-15,22-23,25,28H,3,16-18H2,1-2H3/t22-,23+,25+,28-/m1/s1. The summed E-state index contributed by atoms with van der Waals surface area (Å²) in [6.45, 7) is 4.32. The SMILES string of the molecule is CCOC1=C2CN(S(=O)(=O)c3ccc(C)cc3)[C@H](c3cccs3)C[C@H]2[C@H]2C(=O)N(c3ccccc3)C(=O)[C@H]2C1. The average molecular weight is 563 g/mol. The zero-order valence-corrected chi connectivity index (χ0v) is 23.5. The van der Waals surface area contributed by atoms with E-state index in [2.05, 4.69) is 0 Å². The molecule has 1 aromatic heterocycles. The van der Waals surface area contributed by atoms with Gasteiger partial charge in [0.25, 0.3) is 0 Å². The fourth-order valence-electron chi connectivity index (χ4n) is 6.30. The van der Waals surface area contributed by atoms with E-state index in [0.717, 1.165) is 16.0 Å². The number of amides is 2. The summed E-state index contributed by atoms with van der Waals surface area (Å²) < 4.78 is 35.8. The molecule has 3 aromatic rings. The van der Waals surface area contributed by atoms with E-state index in [1.807, 2.05) is 49.6 Å². The Bertz CT molecular complexity index is 1530. The number of anilines is 1. The molecule has 2 amide bonds. The third-order valence-electron chi connectivity index (χ3n) is 8.10. The van der Waals surface area contributed by atoms with Gasteiger partial charge in [0.05, 0.1) is 40.8 Å². The van der Waals surface area contributed by atoms with E-state index < -0.39 is 27.9 Å². The molecule has 0 spiro atoms. The van der Waals surface area contributed by atoms with E-state index in [1.54, 1.807) is 40.7 Å². The molecule has 3 aliphatic rings. The van der Waals surface area contributed by atoms with Crippen molar-refractivity contribution in [1.29, 1.82) is 0 Å². The molecule has 3 heterocycles. The molecule has 39 heavy (non-hydrogen) atoms. The zero-order chi connectivity index (χ0) is 27.3. The van der Waals surface area contributed by atoms with Crippen molar-refractivity contribution in [2.24, 2.45) is 17.8 Å². The number of rotatable bonds is 6. The first kappa shape index (κ1) is 26.0. The largest absolute Gasteiger partial charge is 0.498 e. The summed E-state index contributed by atoms with van der Waals surface area (Å²) in [6.07, 6.45) is 0.695. The number of benzene rings is 2. The van der Waals surface area contributed by atoms with Gasteiger partial charge in [-0.3, -0.25) is 14.5 Å². The van der Waals surface area contributed by atoms with Gasteiger partial charge >= 0.3 is 0 Å². The van der Waals surface area contributed by atoms with E-state index in [-0.39, 0.29) is 29.2 Å². The summed E-state index contributed by atoms with van der Waals surface area (Å²) in [7, 11) is -3.86. The van der Waals surface area contributed by atoms with Crippen LogP contribution in [-0.4, -0.2) is 37.7 Å². The second-order valence-corrected chi connectivity index (χ2v) is 13.2. The molecule has 4 atom stereocenters. The number of carbonyl (C=O) groups is 2. The second kappa shape index (κ2) is 10.0. The lowest BCUT2D eigenvalue weighted by atomic mass is 9.68. The number of nitrogens with zero attached hydrogens (tertiary/aromatic N) is 2. The Morgan fingerprint density at radius 2 is 1.69 bits per heavy atom. The van der Waals surface area contributed by atoms with Gasteiger partial charge in [0.1, 0.15) is 0 Å². The minimum Gasteiger partial charge on any atom is -0.498 e. The highest BCUT2D eigenvalue weighted by molar-refractivity contribution is 7.89. The predicted molar refractivity (Wildman–Crippen MR) is 149 cm³/mol. The molecule has 1 aliphatic carbocycles. The first-order chi connectivity index (χ1) is 18.8. The van der Waals surface area contributed by atoms with Crippen LogP contribution in [0.15, 0.2) is 88.3 Å². The van der Waals surface area contributed by atoms with Gasteiger partial charge < -0.3 is 4.74 Å². The number of para-hydroxylation sites is 1. The smallest absolute Gasteiger partial charge is 0.243 e. The van der Waals surface area contributed by atoms with Gasteiger partial charge in [-0.1, -0.05) is 42.0 Å². The Morgan fingerprint density at radius 1 is 0.949 bits per heavy atom. The summed E-state index contributed by atoms with van der Waals surface area (Å²) in [5, 5.41) is 1.94. The van der Waals surface area contributed by atoms with Crippen molar-refractivity contribution >= 4 is 38.9 Å². The molecule has 2 fully saturated rings. The summed E-state index contributed by atoms with van der Waals surface area (Å²) in [6, 6.07) is 19.3. The highest BCUT2D eigenvalue weighted by Gasteiger charge is 2.58. The first-order valence-electron chi connectivity index (χ1n) is 13.2. The number of thiophene rings is 1. The van der Waals surface area contributed by atoms with E-state index in [9.17, 15) is 18.0 Å². The average Bonchev–Trinajstić information content (AvgIpc) is 3.56. The monoisotopic (exact) mass is 562 g/mol. The number of piperidine rings is 1. The molecule has 202 valence electrons. The summed E-state index contributed by atoms with van der Waals surface area (Å²) in [4.78, 5) is 30.0. The van der Waals surface area contributed by atoms with E-state index >= 15 is 0 Å². The van der Waals surface area contributed by atoms with Crippen molar-refractivity contribution in [1.82, 2.24) is 4.31 Å². The van der Waals surface area contributed by atoms with Crippen LogP contribution in [-0.2, 0) is 24.3 Å². The minimum absolute atomic E-state index is 0.120. The van der Waals surface area contributed by atoms with Crippen molar-refractivity contribution in [2.75, 3.05) is 18.1 Å². The molecule has 2 saturated heterocycles. The molecule has 2 aliphatic heterocycles. The molecule has 9 heteroatoms. The van der Waals surface area contributed by atoms with Crippen LogP contribution in [0, 0.1) is 24.7 Å². The Kier molecular flexibility index (Phi) is 6.69. The molecule has 0 radical (unpaired) electrons. The zero-order valence-electron chi connectivity index (χ0n) is 21.8. The van der Waals surface area contributed by atoms with Gasteiger partial charge in [-0.05, 0) is 67.5 Å². The number of hydrogen-bond acceptors (Lipinski definition) is 6. The molecular formula is C30H30N2O5S2. The lowest BCUT2D eigenvalue weighted by Crippen LogP contribution is -2.47.